The summed E-state index contributed by atoms with van der Waals surface area (Å²) in [5, 5.41) is 5.31. The Bertz CT molecular complexity index is 595. The van der Waals surface area contributed by atoms with Gasteiger partial charge in [0.05, 0.1) is 12.7 Å². The normalized spacial score (nSPS) is 10.3. The van der Waals surface area contributed by atoms with Crippen molar-refractivity contribution >= 4 is 38.9 Å². The molecule has 1 aromatic carbocycles. The van der Waals surface area contributed by atoms with Crippen LogP contribution in [0.3, 0.4) is 0 Å². The number of methoxy groups -OCH3 is 1. The van der Waals surface area contributed by atoms with Crippen LogP contribution in [0.4, 0.5) is 5.69 Å². The highest BCUT2D eigenvalue weighted by Crippen LogP contribution is 2.23. The number of ether oxygens (including phenoxy) is 1. The summed E-state index contributed by atoms with van der Waals surface area (Å²) in [7, 11) is 1.39. The first-order chi connectivity index (χ1) is 9.10. The van der Waals surface area contributed by atoms with E-state index in [-0.39, 0.29) is 5.97 Å². The SMILES string of the molecule is COC(=O)c1cc(C)ccc1NCc1cc(Br)cs1. The zero-order valence-electron chi connectivity index (χ0n) is 10.7. The first kappa shape index (κ1) is 14.1. The van der Waals surface area contributed by atoms with Crippen molar-refractivity contribution in [3.05, 3.63) is 50.1 Å². The van der Waals surface area contributed by atoms with Gasteiger partial charge in [-0.25, -0.2) is 4.79 Å². The van der Waals surface area contributed by atoms with Crippen LogP contribution >= 0.6 is 27.3 Å². The summed E-state index contributed by atoms with van der Waals surface area (Å²) in [6.07, 6.45) is 0. The molecule has 0 fully saturated rings. The maximum Gasteiger partial charge on any atom is 0.339 e. The lowest BCUT2D eigenvalue weighted by Crippen LogP contribution is -2.08. The van der Waals surface area contributed by atoms with Crippen molar-refractivity contribution in [2.24, 2.45) is 0 Å². The van der Waals surface area contributed by atoms with Gasteiger partial charge in [-0.15, -0.1) is 11.3 Å². The summed E-state index contributed by atoms with van der Waals surface area (Å²) < 4.78 is 5.88. The molecule has 5 heteroatoms. The number of rotatable bonds is 4. The van der Waals surface area contributed by atoms with Crippen LogP contribution in [0.1, 0.15) is 20.8 Å². The van der Waals surface area contributed by atoms with Gasteiger partial charge in [0.2, 0.25) is 0 Å². The van der Waals surface area contributed by atoms with Gasteiger partial charge in [0.25, 0.3) is 0 Å². The van der Waals surface area contributed by atoms with E-state index in [1.807, 2.05) is 30.5 Å². The van der Waals surface area contributed by atoms with Crippen LogP contribution < -0.4 is 5.32 Å². The zero-order valence-corrected chi connectivity index (χ0v) is 13.1. The number of hydrogen-bond acceptors (Lipinski definition) is 4. The average Bonchev–Trinajstić information content (AvgIpc) is 2.82. The molecule has 0 aliphatic heterocycles. The molecule has 0 spiro atoms. The highest BCUT2D eigenvalue weighted by atomic mass is 79.9. The van der Waals surface area contributed by atoms with Crippen LogP contribution in [0.2, 0.25) is 0 Å². The van der Waals surface area contributed by atoms with Crippen LogP contribution in [0, 0.1) is 6.92 Å². The van der Waals surface area contributed by atoms with E-state index >= 15 is 0 Å². The molecule has 0 bridgehead atoms. The Morgan fingerprint density at radius 1 is 1.42 bits per heavy atom. The second kappa shape index (κ2) is 6.21. The van der Waals surface area contributed by atoms with Crippen molar-refractivity contribution in [2.75, 3.05) is 12.4 Å². The van der Waals surface area contributed by atoms with Crippen LogP contribution in [0.5, 0.6) is 0 Å². The monoisotopic (exact) mass is 339 g/mol. The minimum atomic E-state index is -0.321. The van der Waals surface area contributed by atoms with Gasteiger partial charge in [-0.05, 0) is 41.1 Å². The molecule has 1 heterocycles. The molecule has 1 aromatic heterocycles. The third-order valence-corrected chi connectivity index (χ3v) is 4.35. The molecule has 0 amide bonds. The Hall–Kier alpha value is -1.33. The number of thiophene rings is 1. The van der Waals surface area contributed by atoms with E-state index in [0.717, 1.165) is 15.7 Å². The van der Waals surface area contributed by atoms with Crippen molar-refractivity contribution in [3.8, 4) is 0 Å². The second-order valence-corrected chi connectivity index (χ2v) is 6.04. The number of hydrogen-bond donors (Lipinski definition) is 1. The van der Waals surface area contributed by atoms with Crippen LogP contribution in [0.25, 0.3) is 0 Å². The Labute approximate surface area is 124 Å². The number of anilines is 1. The highest BCUT2D eigenvalue weighted by molar-refractivity contribution is 9.10. The summed E-state index contributed by atoms with van der Waals surface area (Å²) in [6, 6.07) is 7.77. The van der Waals surface area contributed by atoms with Gasteiger partial charge in [-0.1, -0.05) is 11.6 Å². The van der Waals surface area contributed by atoms with Gasteiger partial charge >= 0.3 is 5.97 Å². The van der Waals surface area contributed by atoms with E-state index in [0.29, 0.717) is 12.1 Å². The van der Waals surface area contributed by atoms with Crippen LogP contribution in [-0.4, -0.2) is 13.1 Å². The molecule has 19 heavy (non-hydrogen) atoms. The fourth-order valence-corrected chi connectivity index (χ4v) is 3.11. The summed E-state index contributed by atoms with van der Waals surface area (Å²) in [5.74, 6) is -0.321. The first-order valence-electron chi connectivity index (χ1n) is 5.76. The van der Waals surface area contributed by atoms with Gasteiger partial charge in [0, 0.05) is 27.0 Å². The summed E-state index contributed by atoms with van der Waals surface area (Å²) in [6.45, 7) is 2.63. The van der Waals surface area contributed by atoms with Gasteiger partial charge in [0.1, 0.15) is 0 Å². The van der Waals surface area contributed by atoms with E-state index in [1.54, 1.807) is 11.3 Å². The third kappa shape index (κ3) is 3.58. The summed E-state index contributed by atoms with van der Waals surface area (Å²) in [4.78, 5) is 12.9. The lowest BCUT2D eigenvalue weighted by atomic mass is 10.1. The first-order valence-corrected chi connectivity index (χ1v) is 7.43. The molecule has 0 saturated carbocycles. The Morgan fingerprint density at radius 2 is 2.21 bits per heavy atom. The second-order valence-electron chi connectivity index (χ2n) is 4.13. The number of carbonyl (C=O) groups excluding carboxylic acids is 1. The number of halogens is 1. The zero-order chi connectivity index (χ0) is 13.8. The number of benzene rings is 1. The topological polar surface area (TPSA) is 38.3 Å². The van der Waals surface area contributed by atoms with E-state index < -0.39 is 0 Å². The lowest BCUT2D eigenvalue weighted by molar-refractivity contribution is 0.0601. The lowest BCUT2D eigenvalue weighted by Gasteiger charge is -2.10. The molecule has 0 saturated heterocycles. The van der Waals surface area contributed by atoms with E-state index in [2.05, 4.69) is 27.3 Å². The van der Waals surface area contributed by atoms with Crippen molar-refractivity contribution in [3.63, 3.8) is 0 Å². The molecule has 0 aliphatic rings. The Morgan fingerprint density at radius 3 is 2.84 bits per heavy atom. The van der Waals surface area contributed by atoms with Crippen molar-refractivity contribution in [1.29, 1.82) is 0 Å². The summed E-state index contributed by atoms with van der Waals surface area (Å²) in [5.41, 5.74) is 2.39. The predicted molar refractivity (Wildman–Crippen MR) is 81.9 cm³/mol. The van der Waals surface area contributed by atoms with E-state index in [4.69, 9.17) is 4.74 Å². The van der Waals surface area contributed by atoms with Crippen molar-refractivity contribution in [1.82, 2.24) is 0 Å². The van der Waals surface area contributed by atoms with E-state index in [9.17, 15) is 4.79 Å². The molecule has 100 valence electrons. The van der Waals surface area contributed by atoms with Crippen molar-refractivity contribution in [2.45, 2.75) is 13.5 Å². The summed E-state index contributed by atoms with van der Waals surface area (Å²) >= 11 is 5.09. The van der Waals surface area contributed by atoms with Crippen LogP contribution in [-0.2, 0) is 11.3 Å². The minimum Gasteiger partial charge on any atom is -0.465 e. The maximum absolute atomic E-state index is 11.7. The predicted octanol–water partition coefficient (Wildman–Crippen LogP) is 4.22. The number of nitrogens with one attached hydrogen (secondary N) is 1. The molecular weight excluding hydrogens is 326 g/mol. The third-order valence-electron chi connectivity index (χ3n) is 2.66. The molecule has 0 unspecified atom stereocenters. The molecular formula is C14H14BrNO2S. The molecule has 0 atom stereocenters. The smallest absolute Gasteiger partial charge is 0.339 e. The number of esters is 1. The minimum absolute atomic E-state index is 0.321. The average molecular weight is 340 g/mol. The largest absolute Gasteiger partial charge is 0.465 e. The Balaban J connectivity index is 2.17. The molecule has 1 N–H and O–H groups in total. The van der Waals surface area contributed by atoms with Gasteiger partial charge in [-0.2, -0.15) is 0 Å². The number of carbonyl (C=O) groups is 1. The molecule has 3 nitrogen and oxygen atoms in total. The van der Waals surface area contributed by atoms with E-state index in [1.165, 1.54) is 12.0 Å². The molecule has 0 radical (unpaired) electrons. The van der Waals surface area contributed by atoms with Gasteiger partial charge in [-0.3, -0.25) is 0 Å². The number of aryl methyl sites for hydroxylation is 1. The maximum atomic E-state index is 11.7. The Kier molecular flexibility index (Phi) is 4.61. The van der Waals surface area contributed by atoms with Crippen molar-refractivity contribution < 1.29 is 9.53 Å². The van der Waals surface area contributed by atoms with Gasteiger partial charge < -0.3 is 10.1 Å². The van der Waals surface area contributed by atoms with Gasteiger partial charge in [0.15, 0.2) is 0 Å². The fourth-order valence-electron chi connectivity index (χ4n) is 1.72. The fraction of sp³-hybridized carbons (Fsp3) is 0.214. The quantitative estimate of drug-likeness (QED) is 0.847. The molecule has 2 aromatic rings. The highest BCUT2D eigenvalue weighted by Gasteiger charge is 2.12. The standard InChI is InChI=1S/C14H14BrNO2S/c1-9-3-4-13(12(5-9)14(17)18-2)16-7-11-6-10(15)8-19-11/h3-6,8,16H,7H2,1-2H3. The van der Waals surface area contributed by atoms with Crippen LogP contribution in [0.15, 0.2) is 34.1 Å². The molecule has 2 rings (SSSR count). The molecule has 0 aliphatic carbocycles.